The first kappa shape index (κ1) is 11.7. The molecule has 0 bridgehead atoms. The van der Waals surface area contributed by atoms with Crippen LogP contribution in [-0.2, 0) is 4.74 Å². The maximum absolute atomic E-state index is 5.33. The van der Waals surface area contributed by atoms with E-state index in [0.29, 0.717) is 6.04 Å². The summed E-state index contributed by atoms with van der Waals surface area (Å²) in [6, 6.07) is 2.48. The highest BCUT2D eigenvalue weighted by Crippen LogP contribution is 2.17. The second-order valence-electron chi connectivity index (χ2n) is 3.91. The van der Waals surface area contributed by atoms with Gasteiger partial charge in [-0.2, -0.15) is 0 Å². The number of thioether (sulfide) groups is 1. The lowest BCUT2D eigenvalue weighted by molar-refractivity contribution is 0.0903. The molecule has 1 aromatic heterocycles. The van der Waals surface area contributed by atoms with Crippen molar-refractivity contribution in [2.45, 2.75) is 31.0 Å². The molecular weight excluding hydrogens is 222 g/mol. The molecule has 1 N–H and O–H groups in total. The van der Waals surface area contributed by atoms with E-state index in [2.05, 4.69) is 15.3 Å². The second-order valence-corrected chi connectivity index (χ2v) is 4.69. The average Bonchev–Trinajstić information content (AvgIpc) is 2.29. The fourth-order valence-corrected chi connectivity index (χ4v) is 2.18. The van der Waals surface area contributed by atoms with Crippen molar-refractivity contribution in [3.05, 3.63) is 11.8 Å². The molecule has 1 saturated heterocycles. The minimum Gasteiger partial charge on any atom is -0.381 e. The number of hydrogen-bond acceptors (Lipinski definition) is 5. The normalized spacial score (nSPS) is 17.4. The molecule has 0 saturated carbocycles. The van der Waals surface area contributed by atoms with Crippen LogP contribution < -0.4 is 5.32 Å². The van der Waals surface area contributed by atoms with Crippen LogP contribution in [0.2, 0.25) is 0 Å². The van der Waals surface area contributed by atoms with Gasteiger partial charge in [-0.15, -0.1) is 0 Å². The Labute approximate surface area is 100 Å². The largest absolute Gasteiger partial charge is 0.381 e. The lowest BCUT2D eigenvalue weighted by Crippen LogP contribution is -2.28. The predicted octanol–water partition coefficient (Wildman–Crippen LogP) is 2.10. The van der Waals surface area contributed by atoms with E-state index in [1.54, 1.807) is 11.8 Å². The number of anilines is 1. The minimum atomic E-state index is 0.484. The summed E-state index contributed by atoms with van der Waals surface area (Å²) in [5.74, 6) is 0.934. The molecule has 1 aliphatic rings. The van der Waals surface area contributed by atoms with E-state index in [-0.39, 0.29) is 0 Å². The van der Waals surface area contributed by atoms with E-state index in [9.17, 15) is 0 Å². The highest BCUT2D eigenvalue weighted by atomic mass is 32.2. The van der Waals surface area contributed by atoms with Crippen LogP contribution in [0.25, 0.3) is 0 Å². The number of aryl methyl sites for hydroxylation is 1. The van der Waals surface area contributed by atoms with Crippen LogP contribution in [0.4, 0.5) is 5.82 Å². The molecule has 16 heavy (non-hydrogen) atoms. The number of ether oxygens (including phenoxy) is 1. The summed E-state index contributed by atoms with van der Waals surface area (Å²) in [6.07, 6.45) is 4.10. The fourth-order valence-electron chi connectivity index (χ4n) is 1.76. The van der Waals surface area contributed by atoms with Crippen LogP contribution in [0, 0.1) is 6.92 Å². The average molecular weight is 239 g/mol. The fraction of sp³-hybridized carbons (Fsp3) is 0.636. The Bertz CT molecular complexity index is 353. The Morgan fingerprint density at radius 1 is 1.38 bits per heavy atom. The van der Waals surface area contributed by atoms with Gasteiger partial charge in [-0.3, -0.25) is 0 Å². The van der Waals surface area contributed by atoms with Crippen molar-refractivity contribution in [2.24, 2.45) is 0 Å². The van der Waals surface area contributed by atoms with Crippen molar-refractivity contribution in [1.82, 2.24) is 9.97 Å². The van der Waals surface area contributed by atoms with Gasteiger partial charge in [0.1, 0.15) is 5.82 Å². The Balaban J connectivity index is 2.04. The molecule has 0 aromatic carbocycles. The van der Waals surface area contributed by atoms with E-state index in [0.717, 1.165) is 42.7 Å². The molecule has 0 radical (unpaired) electrons. The minimum absolute atomic E-state index is 0.484. The third-order valence-electron chi connectivity index (χ3n) is 2.59. The quantitative estimate of drug-likeness (QED) is 0.646. The van der Waals surface area contributed by atoms with Gasteiger partial charge in [0.05, 0.1) is 0 Å². The summed E-state index contributed by atoms with van der Waals surface area (Å²) in [7, 11) is 0. The molecule has 88 valence electrons. The summed E-state index contributed by atoms with van der Waals surface area (Å²) in [4.78, 5) is 8.78. The highest BCUT2D eigenvalue weighted by Gasteiger charge is 2.14. The van der Waals surface area contributed by atoms with Gasteiger partial charge in [0.2, 0.25) is 0 Å². The Morgan fingerprint density at radius 3 is 2.81 bits per heavy atom. The third-order valence-corrected chi connectivity index (χ3v) is 3.14. The zero-order valence-electron chi connectivity index (χ0n) is 9.69. The van der Waals surface area contributed by atoms with Crippen LogP contribution in [0.15, 0.2) is 11.2 Å². The van der Waals surface area contributed by atoms with Crippen LogP contribution >= 0.6 is 11.8 Å². The van der Waals surface area contributed by atoms with Crippen LogP contribution in [0.5, 0.6) is 0 Å². The zero-order chi connectivity index (χ0) is 11.4. The summed E-state index contributed by atoms with van der Waals surface area (Å²) >= 11 is 1.57. The van der Waals surface area contributed by atoms with Crippen LogP contribution in [0.1, 0.15) is 18.5 Å². The zero-order valence-corrected chi connectivity index (χ0v) is 10.5. The van der Waals surface area contributed by atoms with E-state index in [4.69, 9.17) is 4.74 Å². The molecule has 1 aromatic rings. The summed E-state index contributed by atoms with van der Waals surface area (Å²) in [5, 5.41) is 4.28. The summed E-state index contributed by atoms with van der Waals surface area (Å²) < 4.78 is 5.33. The van der Waals surface area contributed by atoms with E-state index in [1.807, 2.05) is 19.2 Å². The number of hydrogen-bond donors (Lipinski definition) is 1. The monoisotopic (exact) mass is 239 g/mol. The molecule has 1 fully saturated rings. The van der Waals surface area contributed by atoms with Crippen molar-refractivity contribution in [3.63, 3.8) is 0 Å². The van der Waals surface area contributed by atoms with Crippen LogP contribution in [0.3, 0.4) is 0 Å². The first-order valence-corrected chi connectivity index (χ1v) is 6.74. The van der Waals surface area contributed by atoms with Crippen molar-refractivity contribution in [1.29, 1.82) is 0 Å². The number of nitrogens with one attached hydrogen (secondary N) is 1. The maximum atomic E-state index is 5.33. The third kappa shape index (κ3) is 3.09. The highest BCUT2D eigenvalue weighted by molar-refractivity contribution is 7.98. The molecule has 0 atom stereocenters. The van der Waals surface area contributed by atoms with Crippen molar-refractivity contribution >= 4 is 17.6 Å². The summed E-state index contributed by atoms with van der Waals surface area (Å²) in [6.45, 7) is 3.69. The van der Waals surface area contributed by atoms with Gasteiger partial charge in [-0.1, -0.05) is 11.8 Å². The predicted molar refractivity (Wildman–Crippen MR) is 66.0 cm³/mol. The lowest BCUT2D eigenvalue weighted by Gasteiger charge is -2.23. The SMILES string of the molecule is CSc1nc(C)cc(NC2CCOCC2)n1. The molecule has 4 nitrogen and oxygen atoms in total. The van der Waals surface area contributed by atoms with Crippen molar-refractivity contribution in [2.75, 3.05) is 24.8 Å². The first-order valence-electron chi connectivity index (χ1n) is 5.52. The molecule has 0 aliphatic carbocycles. The van der Waals surface area contributed by atoms with Crippen molar-refractivity contribution < 1.29 is 4.74 Å². The molecule has 0 spiro atoms. The Hall–Kier alpha value is -0.810. The van der Waals surface area contributed by atoms with E-state index < -0.39 is 0 Å². The van der Waals surface area contributed by atoms with Gasteiger partial charge in [-0.05, 0) is 26.0 Å². The Kier molecular flexibility index (Phi) is 4.01. The standard InChI is InChI=1S/C11H17N3OS/c1-8-7-10(14-11(12-8)16-2)13-9-3-5-15-6-4-9/h7,9H,3-6H2,1-2H3,(H,12,13,14). The molecule has 1 aliphatic heterocycles. The smallest absolute Gasteiger partial charge is 0.189 e. The van der Waals surface area contributed by atoms with Crippen LogP contribution in [-0.4, -0.2) is 35.5 Å². The number of nitrogens with zero attached hydrogens (tertiary/aromatic N) is 2. The van der Waals surface area contributed by atoms with Gasteiger partial charge in [0.15, 0.2) is 5.16 Å². The molecule has 2 heterocycles. The van der Waals surface area contributed by atoms with E-state index >= 15 is 0 Å². The lowest BCUT2D eigenvalue weighted by atomic mass is 10.1. The molecule has 5 heteroatoms. The van der Waals surface area contributed by atoms with Crippen molar-refractivity contribution in [3.8, 4) is 0 Å². The summed E-state index contributed by atoms with van der Waals surface area (Å²) in [5.41, 5.74) is 1.01. The molecule has 0 amide bonds. The molecular formula is C11H17N3OS. The number of aromatic nitrogens is 2. The van der Waals surface area contributed by atoms with Gasteiger partial charge in [-0.25, -0.2) is 9.97 Å². The Morgan fingerprint density at radius 2 is 2.12 bits per heavy atom. The van der Waals surface area contributed by atoms with Gasteiger partial charge in [0, 0.05) is 31.0 Å². The first-order chi connectivity index (χ1) is 7.78. The maximum Gasteiger partial charge on any atom is 0.189 e. The molecule has 0 unspecified atom stereocenters. The molecule has 2 rings (SSSR count). The van der Waals surface area contributed by atoms with Gasteiger partial charge < -0.3 is 10.1 Å². The number of rotatable bonds is 3. The second kappa shape index (κ2) is 5.50. The van der Waals surface area contributed by atoms with E-state index in [1.165, 1.54) is 0 Å². The van der Waals surface area contributed by atoms with Gasteiger partial charge >= 0.3 is 0 Å². The van der Waals surface area contributed by atoms with Gasteiger partial charge in [0.25, 0.3) is 0 Å². The topological polar surface area (TPSA) is 47.0 Å².